The van der Waals surface area contributed by atoms with Gasteiger partial charge in [-0.25, -0.2) is 0 Å². The molecule has 0 spiro atoms. The first-order chi connectivity index (χ1) is 9.10. The summed E-state index contributed by atoms with van der Waals surface area (Å²) in [6.07, 6.45) is 2.09. The molecule has 1 saturated heterocycles. The maximum atomic E-state index is 11.5. The van der Waals surface area contributed by atoms with E-state index in [1.165, 1.54) is 18.4 Å². The van der Waals surface area contributed by atoms with Crippen LogP contribution < -0.4 is 4.90 Å². The molecule has 1 aromatic carbocycles. The van der Waals surface area contributed by atoms with Crippen molar-refractivity contribution in [2.24, 2.45) is 11.8 Å². The highest BCUT2D eigenvalue weighted by Gasteiger charge is 2.26. The Hall–Kier alpha value is -1.51. The molecule has 0 saturated carbocycles. The number of carbonyl (C=O) groups excluding carboxylic acids is 1. The van der Waals surface area contributed by atoms with E-state index in [1.54, 1.807) is 0 Å². The summed E-state index contributed by atoms with van der Waals surface area (Å²) < 4.78 is 4.80. The number of hydrogen-bond donors (Lipinski definition) is 0. The highest BCUT2D eigenvalue weighted by molar-refractivity contribution is 5.71. The van der Waals surface area contributed by atoms with Crippen molar-refractivity contribution in [3.8, 4) is 0 Å². The third kappa shape index (κ3) is 3.49. The van der Waals surface area contributed by atoms with Crippen molar-refractivity contribution in [2.45, 2.75) is 26.7 Å². The molecule has 2 unspecified atom stereocenters. The second-order valence-electron chi connectivity index (χ2n) is 5.60. The van der Waals surface area contributed by atoms with Crippen LogP contribution in [0.2, 0.25) is 0 Å². The first-order valence-corrected chi connectivity index (χ1v) is 6.99. The minimum atomic E-state index is -0.0889. The number of methoxy groups -OCH3 is 1. The predicted molar refractivity (Wildman–Crippen MR) is 77.3 cm³/mol. The van der Waals surface area contributed by atoms with E-state index in [2.05, 4.69) is 36.1 Å². The van der Waals surface area contributed by atoms with Crippen LogP contribution in [0.15, 0.2) is 24.3 Å². The van der Waals surface area contributed by atoms with Gasteiger partial charge in [0.25, 0.3) is 0 Å². The molecule has 0 radical (unpaired) electrons. The summed E-state index contributed by atoms with van der Waals surface area (Å²) >= 11 is 0. The normalized spacial score (nSPS) is 20.4. The van der Waals surface area contributed by atoms with Crippen molar-refractivity contribution < 1.29 is 9.53 Å². The Balaban J connectivity index is 1.91. The van der Waals surface area contributed by atoms with E-state index >= 15 is 0 Å². The average molecular weight is 261 g/mol. The zero-order valence-electron chi connectivity index (χ0n) is 12.1. The van der Waals surface area contributed by atoms with E-state index in [0.717, 1.165) is 25.9 Å². The minimum absolute atomic E-state index is 0.00691. The van der Waals surface area contributed by atoms with Gasteiger partial charge in [0.1, 0.15) is 0 Å². The molecule has 2 atom stereocenters. The fraction of sp³-hybridized carbons (Fsp3) is 0.562. The van der Waals surface area contributed by atoms with Crippen LogP contribution >= 0.6 is 0 Å². The van der Waals surface area contributed by atoms with Crippen LogP contribution in [-0.4, -0.2) is 26.2 Å². The lowest BCUT2D eigenvalue weighted by Gasteiger charge is -2.20. The van der Waals surface area contributed by atoms with Crippen LogP contribution in [0, 0.1) is 18.8 Å². The molecule has 0 aromatic heterocycles. The lowest BCUT2D eigenvalue weighted by atomic mass is 9.95. The average Bonchev–Trinajstić information content (AvgIpc) is 2.86. The molecule has 1 fully saturated rings. The molecule has 0 aliphatic carbocycles. The van der Waals surface area contributed by atoms with E-state index in [0.29, 0.717) is 5.92 Å². The van der Waals surface area contributed by atoms with Gasteiger partial charge < -0.3 is 9.64 Å². The molecule has 19 heavy (non-hydrogen) atoms. The van der Waals surface area contributed by atoms with E-state index in [1.807, 2.05) is 6.92 Å². The summed E-state index contributed by atoms with van der Waals surface area (Å²) in [4.78, 5) is 13.9. The van der Waals surface area contributed by atoms with Crippen molar-refractivity contribution >= 4 is 11.7 Å². The number of aryl methyl sites for hydroxylation is 1. The number of esters is 1. The first-order valence-electron chi connectivity index (χ1n) is 6.99. The van der Waals surface area contributed by atoms with Crippen molar-refractivity contribution in [3.05, 3.63) is 29.8 Å². The number of rotatable bonds is 4. The lowest BCUT2D eigenvalue weighted by molar-refractivity contribution is -0.145. The summed E-state index contributed by atoms with van der Waals surface area (Å²) in [6.45, 7) is 6.21. The molecule has 3 heteroatoms. The summed E-state index contributed by atoms with van der Waals surface area (Å²) in [5, 5.41) is 0. The smallest absolute Gasteiger partial charge is 0.308 e. The Morgan fingerprint density at radius 3 is 3.00 bits per heavy atom. The van der Waals surface area contributed by atoms with E-state index in [-0.39, 0.29) is 11.9 Å². The van der Waals surface area contributed by atoms with Crippen LogP contribution in [0.5, 0.6) is 0 Å². The molecule has 0 N–H and O–H groups in total. The zero-order valence-corrected chi connectivity index (χ0v) is 12.1. The fourth-order valence-corrected chi connectivity index (χ4v) is 2.88. The van der Waals surface area contributed by atoms with Gasteiger partial charge in [-0.2, -0.15) is 0 Å². The van der Waals surface area contributed by atoms with Crippen molar-refractivity contribution in [1.82, 2.24) is 0 Å². The standard InChI is InChI=1S/C16H23NO2/c1-12-5-4-6-15(9-12)17-8-7-14(11-17)10-13(2)16(18)19-3/h4-6,9,13-14H,7-8,10-11H2,1-3H3. The van der Waals surface area contributed by atoms with Crippen molar-refractivity contribution in [3.63, 3.8) is 0 Å². The largest absolute Gasteiger partial charge is 0.469 e. The van der Waals surface area contributed by atoms with Gasteiger partial charge in [-0.3, -0.25) is 4.79 Å². The van der Waals surface area contributed by atoms with Gasteiger partial charge in [-0.05, 0) is 43.4 Å². The monoisotopic (exact) mass is 261 g/mol. The molecule has 1 aromatic rings. The van der Waals surface area contributed by atoms with Gasteiger partial charge in [0.15, 0.2) is 0 Å². The molecule has 3 nitrogen and oxygen atoms in total. The Morgan fingerprint density at radius 2 is 2.32 bits per heavy atom. The van der Waals surface area contributed by atoms with Crippen molar-refractivity contribution in [1.29, 1.82) is 0 Å². The second-order valence-corrected chi connectivity index (χ2v) is 5.60. The molecular weight excluding hydrogens is 238 g/mol. The minimum Gasteiger partial charge on any atom is -0.469 e. The molecule has 0 bridgehead atoms. The Morgan fingerprint density at radius 1 is 1.53 bits per heavy atom. The maximum absolute atomic E-state index is 11.5. The molecule has 2 rings (SSSR count). The molecule has 1 heterocycles. The predicted octanol–water partition coefficient (Wildman–Crippen LogP) is 3.02. The zero-order chi connectivity index (χ0) is 13.8. The van der Waals surface area contributed by atoms with Gasteiger partial charge in [0.05, 0.1) is 13.0 Å². The van der Waals surface area contributed by atoms with Gasteiger partial charge in [0, 0.05) is 18.8 Å². The van der Waals surface area contributed by atoms with Crippen LogP contribution in [0.25, 0.3) is 0 Å². The Kier molecular flexibility index (Phi) is 4.46. The lowest BCUT2D eigenvalue weighted by Crippen LogP contribution is -2.22. The summed E-state index contributed by atoms with van der Waals surface area (Å²) in [5.74, 6) is 0.510. The van der Waals surface area contributed by atoms with E-state index in [9.17, 15) is 4.79 Å². The molecule has 0 amide bonds. The highest BCUT2D eigenvalue weighted by Crippen LogP contribution is 2.28. The first kappa shape index (κ1) is 13.9. The number of benzene rings is 1. The number of anilines is 1. The SMILES string of the molecule is COC(=O)C(C)CC1CCN(c2cccc(C)c2)C1. The Labute approximate surface area is 115 Å². The van der Waals surface area contributed by atoms with Crippen LogP contribution in [0.1, 0.15) is 25.3 Å². The number of carbonyl (C=O) groups is 1. The van der Waals surface area contributed by atoms with Crippen LogP contribution in [0.3, 0.4) is 0 Å². The van der Waals surface area contributed by atoms with Gasteiger partial charge in [-0.15, -0.1) is 0 Å². The number of nitrogens with zero attached hydrogens (tertiary/aromatic N) is 1. The van der Waals surface area contributed by atoms with Crippen LogP contribution in [-0.2, 0) is 9.53 Å². The highest BCUT2D eigenvalue weighted by atomic mass is 16.5. The second kappa shape index (κ2) is 6.09. The topological polar surface area (TPSA) is 29.5 Å². The Bertz CT molecular complexity index is 444. The number of ether oxygens (including phenoxy) is 1. The summed E-state index contributed by atoms with van der Waals surface area (Å²) in [6, 6.07) is 8.62. The summed E-state index contributed by atoms with van der Waals surface area (Å²) in [5.41, 5.74) is 2.59. The molecular formula is C16H23NO2. The van der Waals surface area contributed by atoms with E-state index < -0.39 is 0 Å². The molecule has 1 aliphatic heterocycles. The summed E-state index contributed by atoms with van der Waals surface area (Å²) in [7, 11) is 1.46. The quantitative estimate of drug-likeness (QED) is 0.780. The molecule has 104 valence electrons. The van der Waals surface area contributed by atoms with Crippen LogP contribution in [0.4, 0.5) is 5.69 Å². The number of hydrogen-bond acceptors (Lipinski definition) is 3. The third-order valence-electron chi connectivity index (χ3n) is 3.94. The molecule has 1 aliphatic rings. The fourth-order valence-electron chi connectivity index (χ4n) is 2.88. The van der Waals surface area contributed by atoms with E-state index in [4.69, 9.17) is 4.74 Å². The van der Waals surface area contributed by atoms with Gasteiger partial charge in [-0.1, -0.05) is 19.1 Å². The van der Waals surface area contributed by atoms with Crippen molar-refractivity contribution in [2.75, 3.05) is 25.1 Å². The maximum Gasteiger partial charge on any atom is 0.308 e. The third-order valence-corrected chi connectivity index (χ3v) is 3.94. The van der Waals surface area contributed by atoms with Gasteiger partial charge >= 0.3 is 5.97 Å². The van der Waals surface area contributed by atoms with Gasteiger partial charge in [0.2, 0.25) is 0 Å².